The normalized spacial score (nSPS) is 44.5. The minimum atomic E-state index is 0.0164. The van der Waals surface area contributed by atoms with E-state index in [1.807, 2.05) is 0 Å². The highest BCUT2D eigenvalue weighted by Crippen LogP contribution is 2.52. The number of nitrogens with zero attached hydrogens (tertiary/aromatic N) is 1. The number of hydrogen-bond acceptors (Lipinski definition) is 2. The molecular formula is C11H19NO. The topological polar surface area (TPSA) is 20.3 Å². The van der Waals surface area contributed by atoms with Crippen LogP contribution >= 0.6 is 0 Å². The maximum Gasteiger partial charge on any atom is 0.140 e. The van der Waals surface area contributed by atoms with Gasteiger partial charge in [0.05, 0.1) is 0 Å². The van der Waals surface area contributed by atoms with Gasteiger partial charge in [0, 0.05) is 17.4 Å². The SMILES string of the molecule is CN(C)C12CCCC(C)(C1)C(=O)C2. The van der Waals surface area contributed by atoms with Crippen molar-refractivity contribution in [2.24, 2.45) is 5.41 Å². The maximum atomic E-state index is 11.9. The first kappa shape index (κ1) is 9.20. The Morgan fingerprint density at radius 3 is 2.54 bits per heavy atom. The monoisotopic (exact) mass is 181 g/mol. The Hall–Kier alpha value is -0.370. The summed E-state index contributed by atoms with van der Waals surface area (Å²) in [5.74, 6) is 0.499. The minimum absolute atomic E-state index is 0.0164. The predicted molar refractivity (Wildman–Crippen MR) is 52.6 cm³/mol. The van der Waals surface area contributed by atoms with E-state index in [1.165, 1.54) is 12.8 Å². The van der Waals surface area contributed by atoms with Gasteiger partial charge in [-0.25, -0.2) is 0 Å². The summed E-state index contributed by atoms with van der Waals surface area (Å²) in [4.78, 5) is 14.1. The Balaban J connectivity index is 2.31. The Morgan fingerprint density at radius 1 is 1.31 bits per heavy atom. The lowest BCUT2D eigenvalue weighted by Gasteiger charge is -2.41. The van der Waals surface area contributed by atoms with Crippen molar-refractivity contribution < 1.29 is 4.79 Å². The molecule has 2 saturated carbocycles. The van der Waals surface area contributed by atoms with E-state index in [4.69, 9.17) is 0 Å². The second-order valence-electron chi connectivity index (χ2n) is 5.31. The van der Waals surface area contributed by atoms with Crippen LogP contribution in [0.15, 0.2) is 0 Å². The Labute approximate surface area is 80.3 Å². The second-order valence-corrected chi connectivity index (χ2v) is 5.31. The van der Waals surface area contributed by atoms with Crippen molar-refractivity contribution in [2.75, 3.05) is 14.1 Å². The van der Waals surface area contributed by atoms with Crippen LogP contribution in [0.25, 0.3) is 0 Å². The van der Waals surface area contributed by atoms with E-state index in [1.54, 1.807) is 0 Å². The van der Waals surface area contributed by atoms with Gasteiger partial charge in [-0.05, 0) is 33.4 Å². The van der Waals surface area contributed by atoms with Crippen LogP contribution in [0.4, 0.5) is 0 Å². The lowest BCUT2D eigenvalue weighted by atomic mass is 9.73. The number of carbonyl (C=O) groups is 1. The number of rotatable bonds is 1. The fourth-order valence-corrected chi connectivity index (χ4v) is 3.15. The molecule has 2 unspecified atom stereocenters. The van der Waals surface area contributed by atoms with Crippen LogP contribution < -0.4 is 0 Å². The van der Waals surface area contributed by atoms with Crippen molar-refractivity contribution in [2.45, 2.75) is 44.6 Å². The first-order valence-electron chi connectivity index (χ1n) is 5.19. The van der Waals surface area contributed by atoms with Gasteiger partial charge in [-0.15, -0.1) is 0 Å². The molecule has 0 aromatic rings. The summed E-state index contributed by atoms with van der Waals surface area (Å²) in [7, 11) is 4.23. The second kappa shape index (κ2) is 2.57. The van der Waals surface area contributed by atoms with Crippen molar-refractivity contribution in [1.82, 2.24) is 4.90 Å². The summed E-state index contributed by atoms with van der Waals surface area (Å²) in [6.07, 6.45) is 5.42. The zero-order chi connectivity index (χ0) is 9.69. The van der Waals surface area contributed by atoms with Gasteiger partial charge in [-0.2, -0.15) is 0 Å². The Bertz CT molecular complexity index is 248. The minimum Gasteiger partial charge on any atom is -0.303 e. The fraction of sp³-hybridized carbons (Fsp3) is 0.909. The predicted octanol–water partition coefficient (Wildman–Crippen LogP) is 1.84. The van der Waals surface area contributed by atoms with Gasteiger partial charge in [0.15, 0.2) is 0 Å². The van der Waals surface area contributed by atoms with Crippen molar-refractivity contribution in [3.05, 3.63) is 0 Å². The quantitative estimate of drug-likeness (QED) is 0.615. The maximum absolute atomic E-state index is 11.9. The molecule has 0 amide bonds. The molecular weight excluding hydrogens is 162 g/mol. The van der Waals surface area contributed by atoms with Crippen LogP contribution in [-0.2, 0) is 4.79 Å². The molecule has 74 valence electrons. The third kappa shape index (κ3) is 1.15. The van der Waals surface area contributed by atoms with Crippen LogP contribution in [0.3, 0.4) is 0 Å². The lowest BCUT2D eigenvalue weighted by molar-refractivity contribution is -0.125. The van der Waals surface area contributed by atoms with E-state index in [9.17, 15) is 4.79 Å². The van der Waals surface area contributed by atoms with Crippen molar-refractivity contribution >= 4 is 5.78 Å². The van der Waals surface area contributed by atoms with Gasteiger partial charge >= 0.3 is 0 Å². The van der Waals surface area contributed by atoms with Gasteiger partial charge in [0.2, 0.25) is 0 Å². The van der Waals surface area contributed by atoms with Gasteiger partial charge in [-0.1, -0.05) is 13.3 Å². The van der Waals surface area contributed by atoms with Crippen LogP contribution in [0, 0.1) is 5.41 Å². The van der Waals surface area contributed by atoms with Gasteiger partial charge in [0.25, 0.3) is 0 Å². The molecule has 2 fully saturated rings. The lowest BCUT2D eigenvalue weighted by Crippen LogP contribution is -2.44. The van der Waals surface area contributed by atoms with Crippen LogP contribution in [0.5, 0.6) is 0 Å². The zero-order valence-corrected chi connectivity index (χ0v) is 8.89. The van der Waals surface area contributed by atoms with Gasteiger partial charge in [0.1, 0.15) is 5.78 Å². The molecule has 0 saturated heterocycles. The number of fused-ring (bicyclic) bond motifs is 2. The molecule has 0 aromatic carbocycles. The Morgan fingerprint density at radius 2 is 2.00 bits per heavy atom. The molecule has 2 heteroatoms. The summed E-state index contributed by atoms with van der Waals surface area (Å²) >= 11 is 0. The molecule has 2 aliphatic carbocycles. The third-order valence-electron chi connectivity index (χ3n) is 4.20. The van der Waals surface area contributed by atoms with Crippen molar-refractivity contribution in [3.8, 4) is 0 Å². The number of Topliss-reactive ketones (excluding diaryl/α,β-unsaturated/α-hetero) is 1. The molecule has 0 radical (unpaired) electrons. The van der Waals surface area contributed by atoms with E-state index in [-0.39, 0.29) is 11.0 Å². The highest BCUT2D eigenvalue weighted by molar-refractivity contribution is 5.88. The number of hydrogen-bond donors (Lipinski definition) is 0. The van der Waals surface area contributed by atoms with Gasteiger partial charge < -0.3 is 4.90 Å². The van der Waals surface area contributed by atoms with E-state index in [0.29, 0.717) is 5.78 Å². The first-order chi connectivity index (χ1) is 5.99. The Kier molecular flexibility index (Phi) is 1.82. The average Bonchev–Trinajstić information content (AvgIpc) is 2.20. The molecule has 2 nitrogen and oxygen atoms in total. The van der Waals surface area contributed by atoms with Crippen LogP contribution in [-0.4, -0.2) is 30.3 Å². The summed E-state index contributed by atoms with van der Waals surface area (Å²) < 4.78 is 0. The summed E-state index contributed by atoms with van der Waals surface area (Å²) in [5, 5.41) is 0. The first-order valence-corrected chi connectivity index (χ1v) is 5.19. The van der Waals surface area contributed by atoms with Crippen molar-refractivity contribution in [1.29, 1.82) is 0 Å². The molecule has 2 bridgehead atoms. The molecule has 0 heterocycles. The standard InChI is InChI=1S/C11H19NO/c1-10-5-4-6-11(8-10,12(2)3)7-9(10)13/h4-8H2,1-3H3. The molecule has 0 aliphatic heterocycles. The third-order valence-corrected chi connectivity index (χ3v) is 4.20. The summed E-state index contributed by atoms with van der Waals surface area (Å²) in [6.45, 7) is 2.15. The van der Waals surface area contributed by atoms with Crippen LogP contribution in [0.2, 0.25) is 0 Å². The molecule has 0 spiro atoms. The summed E-state index contributed by atoms with van der Waals surface area (Å²) in [5.41, 5.74) is 0.229. The molecule has 13 heavy (non-hydrogen) atoms. The number of carbonyl (C=O) groups excluding carboxylic acids is 1. The molecule has 2 atom stereocenters. The molecule has 0 aromatic heterocycles. The molecule has 0 N–H and O–H groups in total. The van der Waals surface area contributed by atoms with Gasteiger partial charge in [-0.3, -0.25) is 4.79 Å². The average molecular weight is 181 g/mol. The van der Waals surface area contributed by atoms with Crippen molar-refractivity contribution in [3.63, 3.8) is 0 Å². The van der Waals surface area contributed by atoms with E-state index >= 15 is 0 Å². The van der Waals surface area contributed by atoms with E-state index < -0.39 is 0 Å². The summed E-state index contributed by atoms with van der Waals surface area (Å²) in [6, 6.07) is 0. The molecule has 2 aliphatic rings. The fourth-order valence-electron chi connectivity index (χ4n) is 3.15. The van der Waals surface area contributed by atoms with E-state index in [2.05, 4.69) is 25.9 Å². The highest BCUT2D eigenvalue weighted by atomic mass is 16.1. The zero-order valence-electron chi connectivity index (χ0n) is 8.89. The van der Waals surface area contributed by atoms with Crippen LogP contribution in [0.1, 0.15) is 39.0 Å². The largest absolute Gasteiger partial charge is 0.303 e. The highest BCUT2D eigenvalue weighted by Gasteiger charge is 2.54. The smallest absolute Gasteiger partial charge is 0.140 e. The number of ketones is 1. The van der Waals surface area contributed by atoms with E-state index in [0.717, 1.165) is 19.3 Å². The molecule has 2 rings (SSSR count).